The first kappa shape index (κ1) is 20.8. The average Bonchev–Trinajstić information content (AvgIpc) is 3.10. The van der Waals surface area contributed by atoms with E-state index in [1.807, 2.05) is 11.4 Å². The highest BCUT2D eigenvalue weighted by molar-refractivity contribution is 7.98. The number of nitrogens with zero attached hydrogens (tertiary/aromatic N) is 4. The van der Waals surface area contributed by atoms with Crippen LogP contribution in [0.1, 0.15) is 39.2 Å². The Morgan fingerprint density at radius 3 is 2.57 bits per heavy atom. The van der Waals surface area contributed by atoms with Gasteiger partial charge in [0.15, 0.2) is 0 Å². The first-order valence-electron chi connectivity index (χ1n) is 9.67. The maximum atomic E-state index is 13.2. The number of hydrogen-bond acceptors (Lipinski definition) is 4. The van der Waals surface area contributed by atoms with Crippen LogP contribution in [0.4, 0.5) is 4.39 Å². The lowest BCUT2D eigenvalue weighted by atomic mass is 9.97. The number of aromatic nitrogens is 4. The van der Waals surface area contributed by atoms with Gasteiger partial charge in [0.05, 0.1) is 0 Å². The van der Waals surface area contributed by atoms with Gasteiger partial charge >= 0.3 is 0 Å². The van der Waals surface area contributed by atoms with E-state index in [4.69, 9.17) is 11.6 Å². The molecule has 4 nitrogen and oxygen atoms in total. The standard InChI is InChI=1S/C23H22ClFN4S/c1-13-5-6-14(2)18(9-13)10-20-15(3)26-22-27-23(28-29(22)16(20)4)30-12-17-7-8-19(25)11-21(17)24/h5-9,11H,10,12H2,1-4H3. The first-order valence-corrected chi connectivity index (χ1v) is 11.0. The SMILES string of the molecule is Cc1ccc(C)c(Cc2c(C)nc3nc(SCc4ccc(F)cc4Cl)nn3c2C)c1. The molecule has 0 fully saturated rings. The summed E-state index contributed by atoms with van der Waals surface area (Å²) >= 11 is 7.59. The van der Waals surface area contributed by atoms with Crippen molar-refractivity contribution in [1.29, 1.82) is 0 Å². The lowest BCUT2D eigenvalue weighted by Crippen LogP contribution is -2.07. The normalized spacial score (nSPS) is 11.4. The van der Waals surface area contributed by atoms with Crippen LogP contribution < -0.4 is 0 Å². The summed E-state index contributed by atoms with van der Waals surface area (Å²) in [5.74, 6) is 0.803. The molecule has 0 unspecified atom stereocenters. The minimum absolute atomic E-state index is 0.341. The lowest BCUT2D eigenvalue weighted by Gasteiger charge is -2.12. The van der Waals surface area contributed by atoms with Crippen LogP contribution in [-0.2, 0) is 12.2 Å². The zero-order valence-electron chi connectivity index (χ0n) is 17.3. The molecule has 0 aliphatic rings. The Labute approximate surface area is 184 Å². The molecule has 2 aromatic carbocycles. The quantitative estimate of drug-likeness (QED) is 0.355. The van der Waals surface area contributed by atoms with Gasteiger partial charge in [0.1, 0.15) is 5.82 Å². The van der Waals surface area contributed by atoms with E-state index < -0.39 is 0 Å². The summed E-state index contributed by atoms with van der Waals surface area (Å²) in [5, 5.41) is 5.68. The van der Waals surface area contributed by atoms with Gasteiger partial charge in [0.25, 0.3) is 5.78 Å². The summed E-state index contributed by atoms with van der Waals surface area (Å²) in [5.41, 5.74) is 7.83. The number of aryl methyl sites for hydroxylation is 4. The molecule has 0 amide bonds. The van der Waals surface area contributed by atoms with Gasteiger partial charge in [-0.05, 0) is 62.1 Å². The van der Waals surface area contributed by atoms with Gasteiger partial charge in [-0.1, -0.05) is 53.2 Å². The van der Waals surface area contributed by atoms with Gasteiger partial charge in [0.2, 0.25) is 5.16 Å². The summed E-state index contributed by atoms with van der Waals surface area (Å²) in [6.07, 6.45) is 0.807. The fourth-order valence-electron chi connectivity index (χ4n) is 3.47. The third-order valence-corrected chi connectivity index (χ3v) is 6.51. The molecule has 0 radical (unpaired) electrons. The summed E-state index contributed by atoms with van der Waals surface area (Å²) in [6.45, 7) is 8.32. The van der Waals surface area contributed by atoms with Gasteiger partial charge < -0.3 is 0 Å². The van der Waals surface area contributed by atoms with Gasteiger partial charge in [-0.15, -0.1) is 5.10 Å². The summed E-state index contributed by atoms with van der Waals surface area (Å²) in [4.78, 5) is 9.25. The van der Waals surface area contributed by atoms with Crippen LogP contribution in [0, 0.1) is 33.5 Å². The monoisotopic (exact) mass is 440 g/mol. The molecule has 2 aromatic heterocycles. The molecule has 0 aliphatic carbocycles. The topological polar surface area (TPSA) is 43.1 Å². The van der Waals surface area contributed by atoms with E-state index >= 15 is 0 Å². The number of thioether (sulfide) groups is 1. The van der Waals surface area contributed by atoms with E-state index in [1.165, 1.54) is 46.1 Å². The van der Waals surface area contributed by atoms with E-state index in [0.717, 1.165) is 23.4 Å². The number of benzene rings is 2. The minimum atomic E-state index is -0.341. The molecule has 0 aliphatic heterocycles. The second-order valence-electron chi connectivity index (χ2n) is 7.50. The Bertz CT molecular complexity index is 1250. The fourth-order valence-corrected chi connectivity index (χ4v) is 4.60. The van der Waals surface area contributed by atoms with E-state index in [9.17, 15) is 4.39 Å². The van der Waals surface area contributed by atoms with E-state index in [2.05, 4.69) is 54.0 Å². The summed E-state index contributed by atoms with van der Waals surface area (Å²) in [7, 11) is 0. The van der Waals surface area contributed by atoms with Crippen molar-refractivity contribution < 1.29 is 4.39 Å². The molecule has 154 valence electrons. The third kappa shape index (κ3) is 4.20. The minimum Gasteiger partial charge on any atom is -0.216 e. The van der Waals surface area contributed by atoms with Crippen LogP contribution in [0.5, 0.6) is 0 Å². The highest BCUT2D eigenvalue weighted by Crippen LogP contribution is 2.27. The maximum Gasteiger partial charge on any atom is 0.253 e. The van der Waals surface area contributed by atoms with Crippen molar-refractivity contribution in [3.8, 4) is 0 Å². The molecule has 4 rings (SSSR count). The summed E-state index contributed by atoms with van der Waals surface area (Å²) < 4.78 is 15.1. The van der Waals surface area contributed by atoms with Crippen molar-refractivity contribution in [2.75, 3.05) is 0 Å². The highest BCUT2D eigenvalue weighted by atomic mass is 35.5. The number of fused-ring (bicyclic) bond motifs is 1. The van der Waals surface area contributed by atoms with Crippen LogP contribution in [0.25, 0.3) is 5.78 Å². The smallest absolute Gasteiger partial charge is 0.216 e. The Kier molecular flexibility index (Phi) is 5.80. The van der Waals surface area contributed by atoms with Gasteiger partial charge in [-0.3, -0.25) is 0 Å². The molecule has 7 heteroatoms. The second-order valence-corrected chi connectivity index (χ2v) is 8.85. The average molecular weight is 441 g/mol. The van der Waals surface area contributed by atoms with Crippen molar-refractivity contribution >= 4 is 29.1 Å². The molecule has 30 heavy (non-hydrogen) atoms. The number of hydrogen-bond donors (Lipinski definition) is 0. The molecular formula is C23H22ClFN4S. The Hall–Kier alpha value is -2.44. The van der Waals surface area contributed by atoms with Crippen molar-refractivity contribution in [2.45, 2.75) is 45.0 Å². The van der Waals surface area contributed by atoms with Crippen LogP contribution in [0.2, 0.25) is 5.02 Å². The molecule has 0 spiro atoms. The predicted molar refractivity (Wildman–Crippen MR) is 120 cm³/mol. The van der Waals surface area contributed by atoms with Crippen LogP contribution >= 0.6 is 23.4 Å². The Morgan fingerprint density at radius 1 is 1.00 bits per heavy atom. The van der Waals surface area contributed by atoms with Crippen molar-refractivity contribution in [3.05, 3.63) is 86.4 Å². The summed E-state index contributed by atoms with van der Waals surface area (Å²) in [6, 6.07) is 10.9. The molecule has 2 heterocycles. The molecule has 0 N–H and O–H groups in total. The predicted octanol–water partition coefficient (Wildman–Crippen LogP) is 6.03. The van der Waals surface area contributed by atoms with Crippen molar-refractivity contribution in [2.24, 2.45) is 0 Å². The van der Waals surface area contributed by atoms with E-state index in [0.29, 0.717) is 21.7 Å². The Balaban J connectivity index is 1.63. The van der Waals surface area contributed by atoms with Crippen LogP contribution in [0.15, 0.2) is 41.6 Å². The molecule has 0 bridgehead atoms. The van der Waals surface area contributed by atoms with Crippen LogP contribution in [-0.4, -0.2) is 19.6 Å². The first-order chi connectivity index (χ1) is 14.3. The molecular weight excluding hydrogens is 419 g/mol. The number of rotatable bonds is 5. The highest BCUT2D eigenvalue weighted by Gasteiger charge is 2.15. The van der Waals surface area contributed by atoms with Gasteiger partial charge in [0, 0.05) is 28.6 Å². The van der Waals surface area contributed by atoms with Crippen LogP contribution in [0.3, 0.4) is 0 Å². The molecule has 0 saturated carbocycles. The zero-order chi connectivity index (χ0) is 21.4. The number of halogens is 2. The van der Waals surface area contributed by atoms with Gasteiger partial charge in [-0.2, -0.15) is 4.98 Å². The third-order valence-electron chi connectivity index (χ3n) is 5.27. The molecule has 0 saturated heterocycles. The lowest BCUT2D eigenvalue weighted by molar-refractivity contribution is 0.627. The van der Waals surface area contributed by atoms with Gasteiger partial charge in [-0.25, -0.2) is 13.9 Å². The van der Waals surface area contributed by atoms with Crippen molar-refractivity contribution in [3.63, 3.8) is 0 Å². The van der Waals surface area contributed by atoms with Crippen molar-refractivity contribution in [1.82, 2.24) is 19.6 Å². The Morgan fingerprint density at radius 2 is 1.80 bits per heavy atom. The van der Waals surface area contributed by atoms with E-state index in [1.54, 1.807) is 6.07 Å². The molecule has 4 aromatic rings. The zero-order valence-corrected chi connectivity index (χ0v) is 18.9. The maximum absolute atomic E-state index is 13.2. The second kappa shape index (κ2) is 8.36. The fraction of sp³-hybridized carbons (Fsp3) is 0.261. The largest absolute Gasteiger partial charge is 0.253 e. The van der Waals surface area contributed by atoms with E-state index in [-0.39, 0.29) is 5.82 Å². The molecule has 0 atom stereocenters.